The number of benzene rings is 2. The van der Waals surface area contributed by atoms with Crippen molar-refractivity contribution >= 4 is 17.6 Å². The van der Waals surface area contributed by atoms with Gasteiger partial charge in [-0.3, -0.25) is 0 Å². The Labute approximate surface area is 171 Å². The first-order valence-corrected chi connectivity index (χ1v) is 9.97. The molecule has 0 saturated heterocycles. The molecule has 2 aromatic carbocycles. The minimum atomic E-state index is -0.134. The van der Waals surface area contributed by atoms with E-state index < -0.39 is 0 Å². The molecule has 6 heteroatoms. The lowest BCUT2D eigenvalue weighted by Gasteiger charge is -2.27. The molecule has 1 atom stereocenters. The predicted octanol–water partition coefficient (Wildman–Crippen LogP) is 5.04. The molecule has 150 valence electrons. The smallest absolute Gasteiger partial charge is 0.317 e. The average Bonchev–Trinajstić information content (AvgIpc) is 2.90. The van der Waals surface area contributed by atoms with Gasteiger partial charge in [0.05, 0.1) is 19.3 Å². The quantitative estimate of drug-likeness (QED) is 0.762. The maximum absolute atomic E-state index is 12.8. The molecule has 3 rings (SSSR count). The van der Waals surface area contributed by atoms with Crippen LogP contribution in [-0.4, -0.2) is 31.2 Å². The van der Waals surface area contributed by atoms with Crippen molar-refractivity contribution in [2.45, 2.75) is 32.9 Å². The standard InChI is InChI=1S/C22H27ClN2O3/c1-15(2)21(17-8-9-19-20(13-17)28-11-5-10-27-19)24-22(26)25(3)14-16-6-4-7-18(23)12-16/h4,6-9,12-13,15,21H,5,10-11,14H2,1-3H3,(H,24,26)/t21-/m0/s1. The van der Waals surface area contributed by atoms with Gasteiger partial charge in [-0.1, -0.05) is 43.6 Å². The van der Waals surface area contributed by atoms with Crippen LogP contribution in [0.15, 0.2) is 42.5 Å². The third kappa shape index (κ3) is 5.10. The summed E-state index contributed by atoms with van der Waals surface area (Å²) in [5.74, 6) is 1.71. The van der Waals surface area contributed by atoms with Crippen LogP contribution >= 0.6 is 11.6 Å². The van der Waals surface area contributed by atoms with E-state index in [0.717, 1.165) is 29.0 Å². The molecule has 1 heterocycles. The summed E-state index contributed by atoms with van der Waals surface area (Å²) in [6, 6.07) is 13.2. The maximum Gasteiger partial charge on any atom is 0.317 e. The average molecular weight is 403 g/mol. The third-order valence-corrected chi connectivity index (χ3v) is 4.97. The van der Waals surface area contributed by atoms with Gasteiger partial charge in [0.2, 0.25) is 0 Å². The van der Waals surface area contributed by atoms with Crippen LogP contribution in [0.2, 0.25) is 5.02 Å². The summed E-state index contributed by atoms with van der Waals surface area (Å²) in [5, 5.41) is 3.81. The molecule has 5 nitrogen and oxygen atoms in total. The largest absolute Gasteiger partial charge is 0.490 e. The fraction of sp³-hybridized carbons (Fsp3) is 0.409. The van der Waals surface area contributed by atoms with Crippen molar-refractivity contribution in [3.8, 4) is 11.5 Å². The van der Waals surface area contributed by atoms with Crippen LogP contribution in [0.4, 0.5) is 4.79 Å². The van der Waals surface area contributed by atoms with E-state index in [1.54, 1.807) is 11.9 Å². The second-order valence-electron chi connectivity index (χ2n) is 7.41. The van der Waals surface area contributed by atoms with Crippen molar-refractivity contribution in [1.29, 1.82) is 0 Å². The number of urea groups is 1. The van der Waals surface area contributed by atoms with Gasteiger partial charge in [-0.15, -0.1) is 0 Å². The third-order valence-electron chi connectivity index (χ3n) is 4.73. The summed E-state index contributed by atoms with van der Waals surface area (Å²) in [5.41, 5.74) is 1.99. The number of nitrogens with one attached hydrogen (secondary N) is 1. The van der Waals surface area contributed by atoms with Crippen molar-refractivity contribution in [2.24, 2.45) is 5.92 Å². The van der Waals surface area contributed by atoms with Gasteiger partial charge in [0, 0.05) is 25.0 Å². The number of halogens is 1. The molecule has 0 spiro atoms. The zero-order valence-corrected chi connectivity index (χ0v) is 17.3. The zero-order valence-electron chi connectivity index (χ0n) is 16.6. The van der Waals surface area contributed by atoms with E-state index in [-0.39, 0.29) is 18.0 Å². The van der Waals surface area contributed by atoms with Gasteiger partial charge < -0.3 is 19.7 Å². The van der Waals surface area contributed by atoms with Crippen LogP contribution in [0, 0.1) is 5.92 Å². The van der Waals surface area contributed by atoms with Crippen molar-refractivity contribution in [3.63, 3.8) is 0 Å². The van der Waals surface area contributed by atoms with Crippen LogP contribution in [-0.2, 0) is 6.54 Å². The van der Waals surface area contributed by atoms with E-state index in [0.29, 0.717) is 24.8 Å². The molecule has 2 aromatic rings. The van der Waals surface area contributed by atoms with E-state index in [1.165, 1.54) is 0 Å². The summed E-state index contributed by atoms with van der Waals surface area (Å²) < 4.78 is 11.5. The molecule has 1 N–H and O–H groups in total. The Bertz CT molecular complexity index is 825. The molecule has 0 saturated carbocycles. The molecular formula is C22H27ClN2O3. The van der Waals surface area contributed by atoms with Gasteiger partial charge in [-0.25, -0.2) is 4.79 Å². The van der Waals surface area contributed by atoms with Gasteiger partial charge in [0.25, 0.3) is 0 Å². The highest BCUT2D eigenvalue weighted by atomic mass is 35.5. The lowest BCUT2D eigenvalue weighted by Crippen LogP contribution is -2.40. The SMILES string of the molecule is CC(C)[C@H](NC(=O)N(C)Cc1cccc(Cl)c1)c1ccc2c(c1)OCCCO2. The predicted molar refractivity (Wildman–Crippen MR) is 111 cm³/mol. The minimum Gasteiger partial charge on any atom is -0.490 e. The van der Waals surface area contributed by atoms with Crippen molar-refractivity contribution < 1.29 is 14.3 Å². The zero-order chi connectivity index (χ0) is 20.1. The summed E-state index contributed by atoms with van der Waals surface area (Å²) in [6.07, 6.45) is 0.864. The normalized spacial score (nSPS) is 14.3. The first-order valence-electron chi connectivity index (χ1n) is 9.59. The molecule has 0 fully saturated rings. The lowest BCUT2D eigenvalue weighted by atomic mass is 9.95. The molecule has 0 bridgehead atoms. The maximum atomic E-state index is 12.8. The fourth-order valence-corrected chi connectivity index (χ4v) is 3.45. The number of ether oxygens (including phenoxy) is 2. The summed E-state index contributed by atoms with van der Waals surface area (Å²) in [4.78, 5) is 14.4. The van der Waals surface area contributed by atoms with Crippen molar-refractivity contribution in [2.75, 3.05) is 20.3 Å². The molecule has 0 unspecified atom stereocenters. The van der Waals surface area contributed by atoms with E-state index in [1.807, 2.05) is 42.5 Å². The lowest BCUT2D eigenvalue weighted by molar-refractivity contribution is 0.198. The second kappa shape index (κ2) is 9.20. The summed E-state index contributed by atoms with van der Waals surface area (Å²) >= 11 is 6.04. The second-order valence-corrected chi connectivity index (χ2v) is 7.85. The van der Waals surface area contributed by atoms with E-state index >= 15 is 0 Å². The number of amides is 2. The Hall–Kier alpha value is -2.40. The Balaban J connectivity index is 1.72. The van der Waals surface area contributed by atoms with Crippen LogP contribution < -0.4 is 14.8 Å². The highest BCUT2D eigenvalue weighted by molar-refractivity contribution is 6.30. The summed E-state index contributed by atoms with van der Waals surface area (Å²) in [6.45, 7) is 5.96. The van der Waals surface area contributed by atoms with Crippen LogP contribution in [0.5, 0.6) is 11.5 Å². The molecule has 0 radical (unpaired) electrons. The first kappa shape index (κ1) is 20.3. The van der Waals surface area contributed by atoms with Crippen LogP contribution in [0.1, 0.15) is 37.4 Å². The Kier molecular flexibility index (Phi) is 6.68. The fourth-order valence-electron chi connectivity index (χ4n) is 3.23. The number of hydrogen-bond acceptors (Lipinski definition) is 3. The van der Waals surface area contributed by atoms with Gasteiger partial charge in [0.15, 0.2) is 11.5 Å². The van der Waals surface area contributed by atoms with Crippen molar-refractivity contribution in [3.05, 3.63) is 58.6 Å². The van der Waals surface area contributed by atoms with E-state index in [9.17, 15) is 4.79 Å². The Morgan fingerprint density at radius 3 is 2.61 bits per heavy atom. The Morgan fingerprint density at radius 2 is 1.89 bits per heavy atom. The number of carbonyl (C=O) groups excluding carboxylic acids is 1. The van der Waals surface area contributed by atoms with Gasteiger partial charge in [-0.05, 0) is 41.3 Å². The van der Waals surface area contributed by atoms with Gasteiger partial charge in [-0.2, -0.15) is 0 Å². The van der Waals surface area contributed by atoms with E-state index in [2.05, 4.69) is 19.2 Å². The first-order chi connectivity index (χ1) is 13.4. The molecule has 1 aliphatic rings. The monoisotopic (exact) mass is 402 g/mol. The molecule has 1 aliphatic heterocycles. The molecule has 0 aromatic heterocycles. The Morgan fingerprint density at radius 1 is 1.14 bits per heavy atom. The van der Waals surface area contributed by atoms with Gasteiger partial charge >= 0.3 is 6.03 Å². The number of nitrogens with zero attached hydrogens (tertiary/aromatic N) is 1. The van der Waals surface area contributed by atoms with E-state index in [4.69, 9.17) is 21.1 Å². The summed E-state index contributed by atoms with van der Waals surface area (Å²) in [7, 11) is 1.78. The highest BCUT2D eigenvalue weighted by Crippen LogP contribution is 2.34. The number of hydrogen-bond donors (Lipinski definition) is 1. The molecule has 2 amide bonds. The molecule has 0 aliphatic carbocycles. The number of carbonyl (C=O) groups is 1. The number of fused-ring (bicyclic) bond motifs is 1. The number of rotatable bonds is 5. The minimum absolute atomic E-state index is 0.133. The molecular weight excluding hydrogens is 376 g/mol. The van der Waals surface area contributed by atoms with Crippen molar-refractivity contribution in [1.82, 2.24) is 10.2 Å². The topological polar surface area (TPSA) is 50.8 Å². The highest BCUT2D eigenvalue weighted by Gasteiger charge is 2.22. The van der Waals surface area contributed by atoms with Crippen LogP contribution in [0.3, 0.4) is 0 Å². The van der Waals surface area contributed by atoms with Gasteiger partial charge in [0.1, 0.15) is 0 Å². The van der Waals surface area contributed by atoms with Crippen LogP contribution in [0.25, 0.3) is 0 Å². The molecule has 28 heavy (non-hydrogen) atoms.